The van der Waals surface area contributed by atoms with Crippen molar-refractivity contribution in [3.63, 3.8) is 0 Å². The molecule has 3 rings (SSSR count). The van der Waals surface area contributed by atoms with Crippen LogP contribution in [0.5, 0.6) is 0 Å². The zero-order chi connectivity index (χ0) is 43.0. The number of hydrogen-bond donors (Lipinski definition) is 0. The normalized spacial score (nSPS) is 12.1. The number of allylic oxidation sites excluding steroid dienone is 2. The summed E-state index contributed by atoms with van der Waals surface area (Å²) in [5.41, 5.74) is 19.6. The number of nitrogens with zero attached hydrogens (tertiary/aromatic N) is 2. The van der Waals surface area contributed by atoms with Gasteiger partial charge in [0.05, 0.1) is 0 Å². The molecule has 0 fully saturated rings. The average molecular weight is 868 g/mol. The zero-order valence-corrected chi connectivity index (χ0v) is 41.4. The number of unbranched alkanes of at least 4 members (excludes halogenated alkanes) is 26. The fourth-order valence-electron chi connectivity index (χ4n) is 7.94. The first-order valence-electron chi connectivity index (χ1n) is 25.7. The van der Waals surface area contributed by atoms with Gasteiger partial charge in [-0.05, 0) is 73.9 Å². The van der Waals surface area contributed by atoms with Crippen molar-refractivity contribution in [2.24, 2.45) is 0 Å². The first kappa shape index (κ1) is 58.0. The Balaban J connectivity index is 0.00000198. The topological polar surface area (TPSA) is 25.3 Å². The molecule has 0 unspecified atom stereocenters. The minimum Gasteiger partial charge on any atom is -0.493 e. The van der Waals surface area contributed by atoms with Crippen LogP contribution in [0.1, 0.15) is 262 Å². The van der Waals surface area contributed by atoms with E-state index in [1.807, 2.05) is 0 Å². The molecule has 0 amide bonds. The molecule has 344 valence electrons. The third kappa shape index (κ3) is 28.6. The Morgan fingerprint density at radius 3 is 1.05 bits per heavy atom. The van der Waals surface area contributed by atoms with Crippen LogP contribution in [0, 0.1) is 13.8 Å². The van der Waals surface area contributed by atoms with Crippen LogP contribution in [0.25, 0.3) is 16.9 Å². The zero-order valence-electron chi connectivity index (χ0n) is 40.4. The van der Waals surface area contributed by atoms with E-state index in [9.17, 15) is 5.53 Å². The van der Waals surface area contributed by atoms with Crippen molar-refractivity contribution in [1.82, 2.24) is 0 Å². The Morgan fingerprint density at radius 1 is 0.383 bits per heavy atom. The number of aryl methyl sites for hydroxylation is 2. The molecule has 0 aliphatic carbocycles. The first-order valence-corrected chi connectivity index (χ1v) is 25.7. The predicted molar refractivity (Wildman–Crippen MR) is 266 cm³/mol. The van der Waals surface area contributed by atoms with Crippen LogP contribution in [-0.2, 0) is 29.3 Å². The van der Waals surface area contributed by atoms with Crippen LogP contribution in [0.2, 0.25) is 0 Å². The summed E-state index contributed by atoms with van der Waals surface area (Å²) >= 11 is 0. The average Bonchev–Trinajstić information content (AvgIpc) is 3.59. The monoisotopic (exact) mass is 867 g/mol. The second-order valence-corrected chi connectivity index (χ2v) is 17.6. The summed E-state index contributed by atoms with van der Waals surface area (Å²) in [5.74, 6) is 0. The molecule has 2 aromatic rings. The molecule has 2 aromatic carbocycles. The summed E-state index contributed by atoms with van der Waals surface area (Å²) in [6.45, 7) is 18.8. The molecule has 0 aromatic heterocycles. The van der Waals surface area contributed by atoms with Gasteiger partial charge in [0.15, 0.2) is 0 Å². The Morgan fingerprint density at radius 2 is 0.700 bits per heavy atom. The van der Waals surface area contributed by atoms with E-state index >= 15 is 0 Å². The first-order chi connectivity index (χ1) is 29.0. The van der Waals surface area contributed by atoms with Gasteiger partial charge in [-0.3, -0.25) is 0 Å². The summed E-state index contributed by atoms with van der Waals surface area (Å²) in [5, 5.41) is 0. The Bertz CT molecular complexity index is 1290. The van der Waals surface area contributed by atoms with E-state index in [1.54, 1.807) is 0 Å². The molecule has 1 heterocycles. The van der Waals surface area contributed by atoms with Gasteiger partial charge in [-0.15, -0.1) is 0 Å². The predicted octanol–water partition coefficient (Wildman–Crippen LogP) is 19.8. The van der Waals surface area contributed by atoms with E-state index in [4.69, 9.17) is 0 Å². The minimum absolute atomic E-state index is 0. The van der Waals surface area contributed by atoms with Crippen molar-refractivity contribution in [3.05, 3.63) is 102 Å². The minimum atomic E-state index is 0. The van der Waals surface area contributed by atoms with Crippen molar-refractivity contribution in [1.29, 1.82) is 0 Å². The molecule has 1 aliphatic rings. The van der Waals surface area contributed by atoms with E-state index in [2.05, 4.69) is 103 Å². The molecule has 3 heteroatoms. The van der Waals surface area contributed by atoms with Gasteiger partial charge in [0.25, 0.3) is 0 Å². The van der Waals surface area contributed by atoms with E-state index in [0.717, 1.165) is 54.6 Å². The van der Waals surface area contributed by atoms with Gasteiger partial charge in [-0.25, -0.2) is 4.70 Å². The van der Waals surface area contributed by atoms with Crippen molar-refractivity contribution in [2.45, 2.75) is 253 Å². The summed E-state index contributed by atoms with van der Waals surface area (Å²) in [7, 11) is 0. The van der Waals surface area contributed by atoms with Crippen molar-refractivity contribution in [3.8, 4) is 0 Å². The molecule has 0 radical (unpaired) electrons. The molecule has 0 N–H and O–H groups in total. The Hall–Kier alpha value is -1.99. The standard InChI is InChI=1S/C43H66N2.2C7H15.Ni/c1-4-7-10-11-12-13-14-15-16-17-18-19-20-21-22-23-24-27-41-36-42(39-32-28-37(29-33-39)25-8-5-2)45(44)43(41)40-34-30-38(31-35-40)26-9-6-3;2*1-3-5-7-6-4-2;/h28-36H,4-27H2,1-3H3;2*1,3-7H2,2H3;/q;2*-1;+2. The number of rotatable bonds is 34. The van der Waals surface area contributed by atoms with Gasteiger partial charge < -0.3 is 19.4 Å². The van der Waals surface area contributed by atoms with Gasteiger partial charge >= 0.3 is 16.5 Å². The quantitative estimate of drug-likeness (QED) is 0.0290. The van der Waals surface area contributed by atoms with Crippen LogP contribution in [-0.4, -0.2) is 4.70 Å². The molecule has 2 nitrogen and oxygen atoms in total. The van der Waals surface area contributed by atoms with Crippen LogP contribution >= 0.6 is 0 Å². The fraction of sp³-hybridized carbons (Fsp3) is 0.684. The third-order valence-electron chi connectivity index (χ3n) is 11.9. The van der Waals surface area contributed by atoms with Crippen LogP contribution in [0.3, 0.4) is 0 Å². The van der Waals surface area contributed by atoms with E-state index in [0.29, 0.717) is 0 Å². The van der Waals surface area contributed by atoms with Crippen LogP contribution < -0.4 is 0 Å². The van der Waals surface area contributed by atoms with Gasteiger partial charge in [0.1, 0.15) is 0 Å². The molecule has 0 spiro atoms. The SMILES string of the molecule is CCCCCCCCCCCCCCCCCCCC1=C(c2ccc(CCCC)cc2)[N+](=[N-])C(c2ccc(CCCC)cc2)=C1.[CH2-]CCCCCC.[CH2-]CCCCCC.[Ni+2]. The van der Waals surface area contributed by atoms with Gasteiger partial charge in [-0.2, -0.15) is 12.8 Å². The Kier molecular flexibility index (Phi) is 40.9. The number of benzene rings is 2. The fourth-order valence-corrected chi connectivity index (χ4v) is 7.94. The van der Waals surface area contributed by atoms with Crippen LogP contribution in [0.15, 0.2) is 60.2 Å². The molecule has 0 bridgehead atoms. The van der Waals surface area contributed by atoms with Crippen molar-refractivity contribution >= 4 is 11.4 Å². The van der Waals surface area contributed by atoms with Crippen molar-refractivity contribution < 1.29 is 21.2 Å². The smallest absolute Gasteiger partial charge is 0.493 e. The molecule has 0 saturated heterocycles. The summed E-state index contributed by atoms with van der Waals surface area (Å²) in [6.07, 6.45) is 47.1. The largest absolute Gasteiger partial charge is 2.00 e. The molecule has 0 saturated carbocycles. The third-order valence-corrected chi connectivity index (χ3v) is 11.9. The van der Waals surface area contributed by atoms with Gasteiger partial charge in [0, 0.05) is 22.8 Å². The van der Waals surface area contributed by atoms with E-state index in [1.165, 1.54) is 208 Å². The maximum atomic E-state index is 11.5. The Labute approximate surface area is 385 Å². The molecule has 60 heavy (non-hydrogen) atoms. The maximum Gasteiger partial charge on any atom is 2.00 e. The second kappa shape index (κ2) is 42.3. The molecular weight excluding hydrogens is 771 g/mol. The van der Waals surface area contributed by atoms with Gasteiger partial charge in [0.2, 0.25) is 11.4 Å². The van der Waals surface area contributed by atoms with Crippen molar-refractivity contribution in [2.75, 3.05) is 0 Å². The van der Waals surface area contributed by atoms with E-state index < -0.39 is 0 Å². The number of hydrogen-bond acceptors (Lipinski definition) is 0. The maximum absolute atomic E-state index is 11.5. The van der Waals surface area contributed by atoms with Crippen LogP contribution in [0.4, 0.5) is 0 Å². The molecule has 1 aliphatic heterocycles. The second-order valence-electron chi connectivity index (χ2n) is 17.6. The summed E-state index contributed by atoms with van der Waals surface area (Å²) < 4.78 is 1.46. The molecular formula is C57H96N2Ni. The summed E-state index contributed by atoms with van der Waals surface area (Å²) in [6, 6.07) is 17.8. The molecule has 0 atom stereocenters. The summed E-state index contributed by atoms with van der Waals surface area (Å²) in [4.78, 5) is 0. The van der Waals surface area contributed by atoms with E-state index in [-0.39, 0.29) is 16.5 Å². The van der Waals surface area contributed by atoms with Gasteiger partial charge in [-0.1, -0.05) is 226 Å².